The third kappa shape index (κ3) is 5.60. The molecule has 6 nitrogen and oxygen atoms in total. The third-order valence-corrected chi connectivity index (χ3v) is 5.87. The van der Waals surface area contributed by atoms with Crippen molar-refractivity contribution in [3.63, 3.8) is 0 Å². The summed E-state index contributed by atoms with van der Waals surface area (Å²) in [6, 6.07) is 6.83. The maximum absolute atomic E-state index is 13.5. The molecule has 3 amide bonds. The van der Waals surface area contributed by atoms with Crippen LogP contribution in [0.1, 0.15) is 43.4 Å². The van der Waals surface area contributed by atoms with E-state index in [1.54, 1.807) is 12.1 Å². The first kappa shape index (κ1) is 25.3. The van der Waals surface area contributed by atoms with Crippen molar-refractivity contribution in [2.75, 3.05) is 11.9 Å². The molecule has 2 aromatic rings. The van der Waals surface area contributed by atoms with Gasteiger partial charge >= 0.3 is 18.3 Å². The average Bonchev–Trinajstić information content (AvgIpc) is 3.07. The van der Waals surface area contributed by atoms with E-state index in [2.05, 4.69) is 10.6 Å². The molecular weight excluding hydrogens is 454 g/mol. The van der Waals surface area contributed by atoms with E-state index in [9.17, 15) is 32.3 Å². The third-order valence-electron chi connectivity index (χ3n) is 5.87. The van der Waals surface area contributed by atoms with Gasteiger partial charge in [0.2, 0.25) is 0 Å². The fraction of sp³-hybridized carbons (Fsp3) is 0.417. The number of alkyl halides is 3. The number of anilines is 1. The normalized spacial score (nSPS) is 20.8. The molecule has 1 unspecified atom stereocenters. The fourth-order valence-corrected chi connectivity index (χ4v) is 4.65. The molecule has 184 valence electrons. The summed E-state index contributed by atoms with van der Waals surface area (Å²) < 4.78 is 53.0. The molecule has 34 heavy (non-hydrogen) atoms. The predicted molar refractivity (Wildman–Crippen MR) is 119 cm³/mol. The lowest BCUT2D eigenvalue weighted by Gasteiger charge is -2.37. The highest BCUT2D eigenvalue weighted by atomic mass is 19.4. The van der Waals surface area contributed by atoms with Crippen molar-refractivity contribution in [3.8, 4) is 0 Å². The maximum Gasteiger partial charge on any atom is 0.416 e. The molecular formula is C24H27F4N3O3. The van der Waals surface area contributed by atoms with E-state index in [-0.39, 0.29) is 12.2 Å². The highest BCUT2D eigenvalue weighted by Crippen LogP contribution is 2.43. The van der Waals surface area contributed by atoms with Gasteiger partial charge in [-0.2, -0.15) is 13.2 Å². The van der Waals surface area contributed by atoms with Crippen LogP contribution in [0.3, 0.4) is 0 Å². The van der Waals surface area contributed by atoms with E-state index in [4.69, 9.17) is 0 Å². The maximum atomic E-state index is 13.5. The number of carbonyl (C=O) groups excluding carboxylic acids is 1. The number of benzene rings is 2. The topological polar surface area (TPSA) is 81.7 Å². The zero-order chi connectivity index (χ0) is 25.4. The summed E-state index contributed by atoms with van der Waals surface area (Å²) in [7, 11) is 0. The van der Waals surface area contributed by atoms with Crippen LogP contribution in [0.15, 0.2) is 42.5 Å². The van der Waals surface area contributed by atoms with Gasteiger partial charge in [-0.05, 0) is 53.8 Å². The quantitative estimate of drug-likeness (QED) is 0.482. The lowest BCUT2D eigenvalue weighted by Crippen LogP contribution is -2.45. The minimum absolute atomic E-state index is 0.0334. The van der Waals surface area contributed by atoms with E-state index in [1.807, 2.05) is 20.8 Å². The van der Waals surface area contributed by atoms with Crippen molar-refractivity contribution < 1.29 is 32.3 Å². The van der Waals surface area contributed by atoms with E-state index < -0.39 is 53.1 Å². The Morgan fingerprint density at radius 2 is 1.68 bits per heavy atom. The Hall–Kier alpha value is -3.30. The Labute approximate surface area is 195 Å². The summed E-state index contributed by atoms with van der Waals surface area (Å²) in [4.78, 5) is 26.0. The van der Waals surface area contributed by atoms with Gasteiger partial charge in [-0.3, -0.25) is 0 Å². The molecule has 3 rings (SSSR count). The number of hydrogen-bond acceptors (Lipinski definition) is 2. The van der Waals surface area contributed by atoms with Gasteiger partial charge < -0.3 is 20.6 Å². The molecule has 10 heteroatoms. The molecule has 1 aliphatic heterocycles. The van der Waals surface area contributed by atoms with E-state index in [0.29, 0.717) is 11.1 Å². The molecule has 2 aromatic carbocycles. The molecule has 1 aliphatic rings. The van der Waals surface area contributed by atoms with Gasteiger partial charge in [-0.15, -0.1) is 0 Å². The molecule has 3 N–H and O–H groups in total. The SMILES string of the molecule is Cc1cc(NC(=O)N[C@@H]2CN(C(=O)O)C(C(C)(C)C)[C@@H]2c2ccc(F)cc2)cc(C(F)(F)F)c1. The average molecular weight is 481 g/mol. The molecule has 1 heterocycles. The van der Waals surface area contributed by atoms with Crippen molar-refractivity contribution in [2.24, 2.45) is 5.41 Å². The largest absolute Gasteiger partial charge is 0.465 e. The Bertz CT molecular complexity index is 1060. The summed E-state index contributed by atoms with van der Waals surface area (Å²) in [5, 5.41) is 15.0. The van der Waals surface area contributed by atoms with Crippen LogP contribution in [0.4, 0.5) is 32.8 Å². The van der Waals surface area contributed by atoms with Crippen LogP contribution in [-0.4, -0.2) is 40.8 Å². The smallest absolute Gasteiger partial charge is 0.416 e. The zero-order valence-electron chi connectivity index (χ0n) is 19.2. The van der Waals surface area contributed by atoms with Gasteiger partial charge in [0, 0.05) is 24.2 Å². The predicted octanol–water partition coefficient (Wildman–Crippen LogP) is 5.84. The summed E-state index contributed by atoms with van der Waals surface area (Å²) in [6.45, 7) is 7.07. The number of urea groups is 1. The number of rotatable bonds is 3. The number of halogens is 4. The van der Waals surface area contributed by atoms with Crippen molar-refractivity contribution in [3.05, 3.63) is 65.0 Å². The standard InChI is InChI=1S/C24H27F4N3O3/c1-13-9-15(24(26,27)28)11-17(10-13)29-21(32)30-18-12-31(22(33)34)20(23(2,3)4)19(18)14-5-7-16(25)8-6-14/h5-11,18-20H,12H2,1-4H3,(H,33,34)(H2,29,30,32)/t18-,19-,20?/m1/s1. The van der Waals surface area contributed by atoms with Crippen LogP contribution >= 0.6 is 0 Å². The Morgan fingerprint density at radius 3 is 2.21 bits per heavy atom. The summed E-state index contributed by atoms with van der Waals surface area (Å²) >= 11 is 0. The lowest BCUT2D eigenvalue weighted by molar-refractivity contribution is -0.137. The Kier molecular flexibility index (Phi) is 6.82. The van der Waals surface area contributed by atoms with E-state index >= 15 is 0 Å². The highest BCUT2D eigenvalue weighted by molar-refractivity contribution is 5.90. The fourth-order valence-electron chi connectivity index (χ4n) is 4.65. The lowest BCUT2D eigenvalue weighted by atomic mass is 9.75. The van der Waals surface area contributed by atoms with E-state index in [0.717, 1.165) is 12.1 Å². The second-order valence-corrected chi connectivity index (χ2v) is 9.61. The molecule has 0 spiro atoms. The minimum atomic E-state index is -4.57. The number of nitrogens with zero attached hydrogens (tertiary/aromatic N) is 1. The first-order valence-electron chi connectivity index (χ1n) is 10.7. The zero-order valence-corrected chi connectivity index (χ0v) is 19.2. The van der Waals surface area contributed by atoms with Gasteiger partial charge in [-0.1, -0.05) is 32.9 Å². The summed E-state index contributed by atoms with van der Waals surface area (Å²) in [6.07, 6.45) is -5.73. The second-order valence-electron chi connectivity index (χ2n) is 9.61. The Balaban J connectivity index is 1.91. The van der Waals surface area contributed by atoms with Crippen LogP contribution < -0.4 is 10.6 Å². The number of aryl methyl sites for hydroxylation is 1. The molecule has 0 radical (unpaired) electrons. The van der Waals surface area contributed by atoms with Crippen molar-refractivity contribution in [1.82, 2.24) is 10.2 Å². The van der Waals surface area contributed by atoms with Crippen LogP contribution in [0, 0.1) is 18.2 Å². The second kappa shape index (κ2) is 9.15. The van der Waals surface area contributed by atoms with Gasteiger partial charge in [0.05, 0.1) is 11.6 Å². The van der Waals surface area contributed by atoms with Gasteiger partial charge in [0.1, 0.15) is 5.82 Å². The molecule has 1 saturated heterocycles. The molecule has 0 aromatic heterocycles. The number of hydrogen-bond donors (Lipinski definition) is 3. The summed E-state index contributed by atoms with van der Waals surface area (Å²) in [5.41, 5.74) is -0.491. The molecule has 3 atom stereocenters. The first-order chi connectivity index (χ1) is 15.7. The van der Waals surface area contributed by atoms with Gasteiger partial charge in [0.25, 0.3) is 0 Å². The van der Waals surface area contributed by atoms with Crippen LogP contribution in [0.25, 0.3) is 0 Å². The van der Waals surface area contributed by atoms with Crippen LogP contribution in [0.5, 0.6) is 0 Å². The van der Waals surface area contributed by atoms with Crippen molar-refractivity contribution in [1.29, 1.82) is 0 Å². The molecule has 0 bridgehead atoms. The van der Waals surface area contributed by atoms with Crippen LogP contribution in [-0.2, 0) is 6.18 Å². The monoisotopic (exact) mass is 481 g/mol. The number of likely N-dealkylation sites (tertiary alicyclic amines) is 1. The van der Waals surface area contributed by atoms with E-state index in [1.165, 1.54) is 30.0 Å². The van der Waals surface area contributed by atoms with Crippen LogP contribution in [0.2, 0.25) is 0 Å². The van der Waals surface area contributed by atoms with Gasteiger partial charge in [0.15, 0.2) is 0 Å². The summed E-state index contributed by atoms with van der Waals surface area (Å²) in [5.74, 6) is -0.961. The first-order valence-corrected chi connectivity index (χ1v) is 10.7. The number of carboxylic acid groups (broad SMARTS) is 1. The highest BCUT2D eigenvalue weighted by Gasteiger charge is 2.50. The molecule has 0 aliphatic carbocycles. The van der Waals surface area contributed by atoms with Gasteiger partial charge in [-0.25, -0.2) is 14.0 Å². The molecule has 1 fully saturated rings. The molecule has 0 saturated carbocycles. The Morgan fingerprint density at radius 1 is 1.06 bits per heavy atom. The number of amides is 3. The van der Waals surface area contributed by atoms with Crippen molar-refractivity contribution in [2.45, 2.75) is 51.9 Å². The number of nitrogens with one attached hydrogen (secondary N) is 2. The number of carbonyl (C=O) groups is 2. The van der Waals surface area contributed by atoms with Crippen molar-refractivity contribution >= 4 is 17.8 Å². The minimum Gasteiger partial charge on any atom is -0.465 e.